The van der Waals surface area contributed by atoms with Crippen LogP contribution in [0.1, 0.15) is 0 Å². The van der Waals surface area contributed by atoms with E-state index in [-0.39, 0.29) is 11.7 Å². The molecule has 6 heteroatoms. The largest absolute Gasteiger partial charge is 0.367 e. The van der Waals surface area contributed by atoms with Crippen LogP contribution >= 0.6 is 27.5 Å². The summed E-state index contributed by atoms with van der Waals surface area (Å²) in [5.74, 6) is -0.150. The second-order valence-corrected chi connectivity index (χ2v) is 5.69. The van der Waals surface area contributed by atoms with Gasteiger partial charge in [-0.05, 0) is 35.9 Å². The van der Waals surface area contributed by atoms with Crippen LogP contribution in [0.4, 0.5) is 10.3 Å². The Morgan fingerprint density at radius 1 is 1.14 bits per heavy atom. The van der Waals surface area contributed by atoms with E-state index in [2.05, 4.69) is 21.1 Å². The van der Waals surface area contributed by atoms with Gasteiger partial charge in [-0.25, -0.2) is 4.39 Å². The van der Waals surface area contributed by atoms with Gasteiger partial charge in [0.1, 0.15) is 11.5 Å². The van der Waals surface area contributed by atoms with E-state index in [0.717, 1.165) is 15.6 Å². The first-order valence-corrected chi connectivity index (χ1v) is 7.20. The predicted molar refractivity (Wildman–Crippen MR) is 84.5 cm³/mol. The molecule has 0 saturated carbocycles. The summed E-state index contributed by atoms with van der Waals surface area (Å²) in [5, 5.41) is 4.57. The van der Waals surface area contributed by atoms with E-state index < -0.39 is 0 Å². The third-order valence-electron chi connectivity index (χ3n) is 3.03. The summed E-state index contributed by atoms with van der Waals surface area (Å²) < 4.78 is 19.0. The molecule has 1 aromatic heterocycles. The van der Waals surface area contributed by atoms with E-state index in [0.29, 0.717) is 16.3 Å². The second-order valence-electron chi connectivity index (χ2n) is 4.40. The van der Waals surface area contributed by atoms with Crippen LogP contribution in [0.15, 0.2) is 51.5 Å². The predicted octanol–water partition coefficient (Wildman–Crippen LogP) is 5.15. The molecule has 3 rings (SSSR count). The summed E-state index contributed by atoms with van der Waals surface area (Å²) in [7, 11) is 0. The number of benzene rings is 2. The first-order valence-electron chi connectivity index (χ1n) is 6.03. The van der Waals surface area contributed by atoms with Crippen LogP contribution in [0, 0.1) is 5.82 Å². The second kappa shape index (κ2) is 5.50. The molecule has 0 atom stereocenters. The fourth-order valence-electron chi connectivity index (χ4n) is 2.06. The molecule has 0 bridgehead atoms. The van der Waals surface area contributed by atoms with Crippen molar-refractivity contribution in [2.45, 2.75) is 0 Å². The third kappa shape index (κ3) is 2.66. The van der Waals surface area contributed by atoms with Gasteiger partial charge < -0.3 is 10.3 Å². The maximum absolute atomic E-state index is 13.1. The first kappa shape index (κ1) is 14.1. The molecule has 106 valence electrons. The number of rotatable bonds is 2. The van der Waals surface area contributed by atoms with Gasteiger partial charge in [-0.2, -0.15) is 0 Å². The van der Waals surface area contributed by atoms with Gasteiger partial charge in [-0.15, -0.1) is 0 Å². The number of aromatic nitrogens is 1. The molecule has 21 heavy (non-hydrogen) atoms. The molecule has 0 aliphatic heterocycles. The van der Waals surface area contributed by atoms with Crippen molar-refractivity contribution < 1.29 is 8.91 Å². The van der Waals surface area contributed by atoms with E-state index >= 15 is 0 Å². The first-order chi connectivity index (χ1) is 10.1. The quantitative estimate of drug-likeness (QED) is 0.682. The van der Waals surface area contributed by atoms with Gasteiger partial charge in [-0.3, -0.25) is 0 Å². The summed E-state index contributed by atoms with van der Waals surface area (Å²) in [6.07, 6.45) is 0. The third-order valence-corrected chi connectivity index (χ3v) is 3.96. The number of anilines is 1. The van der Waals surface area contributed by atoms with Crippen LogP contribution in [0.25, 0.3) is 22.4 Å². The lowest BCUT2D eigenvalue weighted by Crippen LogP contribution is -1.89. The molecule has 0 amide bonds. The number of nitrogens with zero attached hydrogens (tertiary/aromatic N) is 1. The molecular formula is C15H9BrClFN2O. The van der Waals surface area contributed by atoms with Gasteiger partial charge in [0.05, 0.1) is 5.56 Å². The lowest BCUT2D eigenvalue weighted by molar-refractivity contribution is 0.439. The summed E-state index contributed by atoms with van der Waals surface area (Å²) in [6.45, 7) is 0. The van der Waals surface area contributed by atoms with Crippen molar-refractivity contribution in [3.8, 4) is 22.4 Å². The molecule has 2 aromatic carbocycles. The Bertz CT molecular complexity index is 802. The molecule has 0 fully saturated rings. The number of nitrogens with two attached hydrogens (primary N) is 1. The monoisotopic (exact) mass is 366 g/mol. The molecule has 0 aliphatic carbocycles. The summed E-state index contributed by atoms with van der Waals surface area (Å²) in [5.41, 5.74) is 8.50. The fraction of sp³-hybridized carbons (Fsp3) is 0. The number of halogens is 3. The SMILES string of the molecule is Nc1onc(-c2cc(Cl)ccc2Br)c1-c1ccc(F)cc1. The summed E-state index contributed by atoms with van der Waals surface area (Å²) in [4.78, 5) is 0. The Hall–Kier alpha value is -1.85. The van der Waals surface area contributed by atoms with Gasteiger partial charge in [0, 0.05) is 15.1 Å². The van der Waals surface area contributed by atoms with E-state index in [1.165, 1.54) is 12.1 Å². The van der Waals surface area contributed by atoms with Gasteiger partial charge in [0.25, 0.3) is 0 Å². The van der Waals surface area contributed by atoms with Crippen LogP contribution in [0.3, 0.4) is 0 Å². The maximum Gasteiger partial charge on any atom is 0.230 e. The molecule has 0 radical (unpaired) electrons. The molecule has 0 saturated heterocycles. The minimum atomic E-state index is -0.320. The maximum atomic E-state index is 13.1. The van der Waals surface area contributed by atoms with E-state index in [1.54, 1.807) is 24.3 Å². The highest BCUT2D eigenvalue weighted by atomic mass is 79.9. The zero-order valence-corrected chi connectivity index (χ0v) is 13.0. The Balaban J connectivity index is 2.21. The topological polar surface area (TPSA) is 52.0 Å². The molecule has 0 unspecified atom stereocenters. The Labute approximate surface area is 133 Å². The van der Waals surface area contributed by atoms with Crippen molar-refractivity contribution in [3.63, 3.8) is 0 Å². The zero-order chi connectivity index (χ0) is 15.0. The zero-order valence-electron chi connectivity index (χ0n) is 10.6. The number of hydrogen-bond donors (Lipinski definition) is 1. The van der Waals surface area contributed by atoms with Crippen molar-refractivity contribution in [1.29, 1.82) is 0 Å². The van der Waals surface area contributed by atoms with E-state index in [4.69, 9.17) is 21.9 Å². The van der Waals surface area contributed by atoms with Crippen LogP contribution in [0.5, 0.6) is 0 Å². The van der Waals surface area contributed by atoms with Crippen LogP contribution in [-0.4, -0.2) is 5.16 Å². The Kier molecular flexibility index (Phi) is 3.69. The van der Waals surface area contributed by atoms with Crippen LogP contribution in [0.2, 0.25) is 5.02 Å². The average molecular weight is 368 g/mol. The van der Waals surface area contributed by atoms with Gasteiger partial charge in [0.15, 0.2) is 0 Å². The molecule has 1 heterocycles. The van der Waals surface area contributed by atoms with Crippen molar-refractivity contribution in [1.82, 2.24) is 5.16 Å². The highest BCUT2D eigenvalue weighted by molar-refractivity contribution is 9.10. The van der Waals surface area contributed by atoms with Gasteiger partial charge in [-0.1, -0.05) is 44.8 Å². The highest BCUT2D eigenvalue weighted by Gasteiger charge is 2.19. The lowest BCUT2D eigenvalue weighted by Gasteiger charge is -2.05. The van der Waals surface area contributed by atoms with Gasteiger partial charge in [0.2, 0.25) is 5.88 Å². The smallest absolute Gasteiger partial charge is 0.230 e. The summed E-state index contributed by atoms with van der Waals surface area (Å²) >= 11 is 9.49. The normalized spacial score (nSPS) is 10.8. The van der Waals surface area contributed by atoms with E-state index in [9.17, 15) is 4.39 Å². The standard InChI is InChI=1S/C15H9BrClFN2O/c16-12-6-3-9(17)7-11(12)14-13(15(19)21-20-14)8-1-4-10(18)5-2-8/h1-7H,19H2. The molecule has 3 nitrogen and oxygen atoms in total. The van der Waals surface area contributed by atoms with Crippen molar-refractivity contribution in [2.24, 2.45) is 0 Å². The Morgan fingerprint density at radius 2 is 1.86 bits per heavy atom. The van der Waals surface area contributed by atoms with Crippen molar-refractivity contribution >= 4 is 33.4 Å². The highest BCUT2D eigenvalue weighted by Crippen LogP contribution is 2.39. The molecule has 3 aromatic rings. The van der Waals surface area contributed by atoms with E-state index in [1.807, 2.05) is 6.07 Å². The summed E-state index contributed by atoms with van der Waals surface area (Å²) in [6, 6.07) is 11.3. The van der Waals surface area contributed by atoms with Crippen molar-refractivity contribution in [2.75, 3.05) is 5.73 Å². The molecule has 2 N–H and O–H groups in total. The minimum absolute atomic E-state index is 0.170. The fourth-order valence-corrected chi connectivity index (χ4v) is 2.67. The molecular weight excluding hydrogens is 359 g/mol. The lowest BCUT2D eigenvalue weighted by atomic mass is 10.0. The van der Waals surface area contributed by atoms with Crippen LogP contribution < -0.4 is 5.73 Å². The molecule has 0 aliphatic rings. The van der Waals surface area contributed by atoms with Gasteiger partial charge >= 0.3 is 0 Å². The Morgan fingerprint density at radius 3 is 2.57 bits per heavy atom. The molecule has 0 spiro atoms. The average Bonchev–Trinajstić information content (AvgIpc) is 2.84. The van der Waals surface area contributed by atoms with Crippen LogP contribution in [-0.2, 0) is 0 Å². The number of hydrogen-bond acceptors (Lipinski definition) is 3. The minimum Gasteiger partial charge on any atom is -0.367 e. The number of nitrogen functional groups attached to an aromatic ring is 1. The van der Waals surface area contributed by atoms with Crippen molar-refractivity contribution in [3.05, 3.63) is 57.8 Å².